The minimum Gasteiger partial charge on any atom is -0.454 e. The van der Waals surface area contributed by atoms with Crippen molar-refractivity contribution in [1.29, 1.82) is 0 Å². The van der Waals surface area contributed by atoms with E-state index in [-0.39, 0.29) is 0 Å². The number of fused-ring (bicyclic) bond motifs is 11. The number of furan rings is 1. The number of anilines is 3. The smallest absolute Gasteiger partial charge is 0.153 e. The maximum atomic E-state index is 6.11. The zero-order chi connectivity index (χ0) is 44.7. The number of rotatable bonds is 6. The van der Waals surface area contributed by atoms with Crippen molar-refractivity contribution >= 4 is 104 Å². The van der Waals surface area contributed by atoms with Gasteiger partial charge in [0.05, 0.1) is 0 Å². The number of benzene rings is 12. The quantitative estimate of drug-likeness (QED) is 0.156. The third kappa shape index (κ3) is 6.25. The van der Waals surface area contributed by atoms with E-state index in [0.717, 1.165) is 50.3 Å². The highest BCUT2D eigenvalue weighted by Crippen LogP contribution is 2.42. The molecule has 0 saturated heterocycles. The van der Waals surface area contributed by atoms with Gasteiger partial charge < -0.3 is 9.32 Å². The van der Waals surface area contributed by atoms with Crippen molar-refractivity contribution in [2.24, 2.45) is 0 Å². The largest absolute Gasteiger partial charge is 0.454 e. The van der Waals surface area contributed by atoms with Gasteiger partial charge >= 0.3 is 0 Å². The van der Waals surface area contributed by atoms with Gasteiger partial charge in [-0.2, -0.15) is 0 Å². The molecule has 0 amide bonds. The predicted molar refractivity (Wildman–Crippen MR) is 288 cm³/mol. The van der Waals surface area contributed by atoms with Gasteiger partial charge in [-0.15, -0.1) is 0 Å². The van der Waals surface area contributed by atoms with Crippen LogP contribution in [-0.2, 0) is 0 Å². The van der Waals surface area contributed by atoms with Crippen LogP contribution < -0.4 is 4.90 Å². The first-order valence-electron chi connectivity index (χ1n) is 23.2. The SMILES string of the molecule is c1ccc2c(c1)ccc1cccc(-c3ccc4cc(N(c5ccc(-c6ccc7oc8cccnc8c7c6)cc5)c5ccc6cc(-c7cccc8ccc9ccccc9c78)ccc6c5)ccc4c3)c12. The fraction of sp³-hybridized carbons (Fsp3) is 0. The molecular formula is C65H40N2O. The van der Waals surface area contributed by atoms with Crippen LogP contribution in [0.4, 0.5) is 17.1 Å². The van der Waals surface area contributed by atoms with Crippen molar-refractivity contribution in [1.82, 2.24) is 4.98 Å². The highest BCUT2D eigenvalue weighted by molar-refractivity contribution is 6.16. The van der Waals surface area contributed by atoms with Gasteiger partial charge in [0, 0.05) is 28.6 Å². The predicted octanol–water partition coefficient (Wildman–Crippen LogP) is 18.4. The number of aromatic nitrogens is 1. The first-order valence-corrected chi connectivity index (χ1v) is 23.2. The molecule has 0 saturated carbocycles. The van der Waals surface area contributed by atoms with Gasteiger partial charge in [0.2, 0.25) is 0 Å². The van der Waals surface area contributed by atoms with E-state index in [0.29, 0.717) is 0 Å². The molecule has 0 atom stereocenters. The summed E-state index contributed by atoms with van der Waals surface area (Å²) in [6.07, 6.45) is 1.82. The Kier molecular flexibility index (Phi) is 8.59. The molecule has 3 heteroatoms. The van der Waals surface area contributed by atoms with Gasteiger partial charge in [-0.3, -0.25) is 4.98 Å². The summed E-state index contributed by atoms with van der Waals surface area (Å²) >= 11 is 0. The average molecular weight is 865 g/mol. The molecule has 0 aliphatic carbocycles. The number of hydrogen-bond donors (Lipinski definition) is 0. The fourth-order valence-corrected chi connectivity index (χ4v) is 10.7. The third-order valence-electron chi connectivity index (χ3n) is 14.0. The average Bonchev–Trinajstić information content (AvgIpc) is 3.78. The molecule has 0 fully saturated rings. The molecular weight excluding hydrogens is 825 g/mol. The summed E-state index contributed by atoms with van der Waals surface area (Å²) < 4.78 is 6.11. The monoisotopic (exact) mass is 864 g/mol. The molecule has 14 rings (SSSR count). The second-order valence-electron chi connectivity index (χ2n) is 17.9. The lowest BCUT2D eigenvalue weighted by atomic mass is 9.92. The normalized spacial score (nSPS) is 11.8. The molecule has 3 nitrogen and oxygen atoms in total. The Morgan fingerprint density at radius 1 is 0.294 bits per heavy atom. The van der Waals surface area contributed by atoms with E-state index in [1.807, 2.05) is 18.3 Å². The van der Waals surface area contributed by atoms with E-state index in [9.17, 15) is 0 Å². The molecule has 14 aromatic rings. The summed E-state index contributed by atoms with van der Waals surface area (Å²) in [5.41, 5.74) is 12.9. The fourth-order valence-electron chi connectivity index (χ4n) is 10.7. The van der Waals surface area contributed by atoms with Crippen LogP contribution in [-0.4, -0.2) is 4.98 Å². The van der Waals surface area contributed by atoms with Crippen LogP contribution in [0.15, 0.2) is 247 Å². The summed E-state index contributed by atoms with van der Waals surface area (Å²) in [5, 5.41) is 15.9. The third-order valence-corrected chi connectivity index (χ3v) is 14.0. The van der Waals surface area contributed by atoms with Crippen LogP contribution in [0.25, 0.3) is 120 Å². The summed E-state index contributed by atoms with van der Waals surface area (Å²) in [6, 6.07) is 86.4. The van der Waals surface area contributed by atoms with E-state index in [1.54, 1.807) is 0 Å². The summed E-state index contributed by atoms with van der Waals surface area (Å²) in [5.74, 6) is 0. The number of pyridine rings is 1. The second kappa shape index (κ2) is 15.3. The zero-order valence-electron chi connectivity index (χ0n) is 36.9. The van der Waals surface area contributed by atoms with Gasteiger partial charge in [0.25, 0.3) is 0 Å². The Bertz CT molecular complexity index is 4130. The van der Waals surface area contributed by atoms with Crippen molar-refractivity contribution < 1.29 is 4.42 Å². The van der Waals surface area contributed by atoms with Crippen molar-refractivity contribution in [3.8, 4) is 33.4 Å². The van der Waals surface area contributed by atoms with Crippen molar-refractivity contribution in [2.75, 3.05) is 4.90 Å². The lowest BCUT2D eigenvalue weighted by molar-refractivity contribution is 0.668. The molecule has 2 aromatic heterocycles. The molecule has 0 aliphatic rings. The van der Waals surface area contributed by atoms with Gasteiger partial charge in [-0.25, -0.2) is 0 Å². The topological polar surface area (TPSA) is 29.3 Å². The zero-order valence-corrected chi connectivity index (χ0v) is 36.9. The van der Waals surface area contributed by atoms with Crippen LogP contribution >= 0.6 is 0 Å². The van der Waals surface area contributed by atoms with Crippen LogP contribution in [0.1, 0.15) is 0 Å². The Labute approximate surface area is 392 Å². The summed E-state index contributed by atoms with van der Waals surface area (Å²) in [7, 11) is 0. The molecule has 0 N–H and O–H groups in total. The van der Waals surface area contributed by atoms with E-state index < -0.39 is 0 Å². The van der Waals surface area contributed by atoms with Crippen LogP contribution in [0.3, 0.4) is 0 Å². The highest BCUT2D eigenvalue weighted by Gasteiger charge is 2.17. The highest BCUT2D eigenvalue weighted by atomic mass is 16.3. The lowest BCUT2D eigenvalue weighted by Crippen LogP contribution is -2.10. The summed E-state index contributed by atoms with van der Waals surface area (Å²) in [4.78, 5) is 7.02. The van der Waals surface area contributed by atoms with Crippen molar-refractivity contribution in [2.45, 2.75) is 0 Å². The Balaban J connectivity index is 0.880. The van der Waals surface area contributed by atoms with Crippen molar-refractivity contribution in [3.63, 3.8) is 0 Å². The van der Waals surface area contributed by atoms with Gasteiger partial charge in [-0.1, -0.05) is 164 Å². The molecule has 0 bridgehead atoms. The molecule has 316 valence electrons. The van der Waals surface area contributed by atoms with Crippen molar-refractivity contribution in [3.05, 3.63) is 243 Å². The molecule has 0 unspecified atom stereocenters. The minimum absolute atomic E-state index is 0.799. The number of nitrogens with zero attached hydrogens (tertiary/aromatic N) is 2. The summed E-state index contributed by atoms with van der Waals surface area (Å²) in [6.45, 7) is 0. The Hall–Kier alpha value is -9.05. The number of hydrogen-bond acceptors (Lipinski definition) is 3. The second-order valence-corrected chi connectivity index (χ2v) is 17.9. The Morgan fingerprint density at radius 3 is 1.40 bits per heavy atom. The molecule has 2 heterocycles. The standard InChI is InChI=1S/C65H40N2O/c1-3-12-56-42(8-1)17-19-44-10-5-14-58(63(44)56)51-23-21-48-38-54(32-27-46(48)36-51)67(53-30-25-41(26-31-53)50-29-34-61-60(40-50)65-62(68-61)16-7-35-66-65)55-33-28-47-37-52(24-22-49(47)39-55)59-15-6-11-45-20-18-43-9-2-4-13-57(43)64(45)59/h1-40H. The van der Waals surface area contributed by atoms with E-state index >= 15 is 0 Å². The minimum atomic E-state index is 0.799. The van der Waals surface area contributed by atoms with Crippen LogP contribution in [0, 0.1) is 0 Å². The molecule has 0 aliphatic heterocycles. The van der Waals surface area contributed by atoms with Crippen LogP contribution in [0.2, 0.25) is 0 Å². The maximum Gasteiger partial charge on any atom is 0.153 e. The lowest BCUT2D eigenvalue weighted by Gasteiger charge is -2.26. The first-order chi connectivity index (χ1) is 33.7. The molecule has 68 heavy (non-hydrogen) atoms. The van der Waals surface area contributed by atoms with E-state index in [2.05, 4.69) is 234 Å². The maximum absolute atomic E-state index is 6.11. The molecule has 12 aromatic carbocycles. The Morgan fingerprint density at radius 2 is 0.779 bits per heavy atom. The first kappa shape index (κ1) is 38.2. The van der Waals surface area contributed by atoms with Crippen LogP contribution in [0.5, 0.6) is 0 Å². The molecule has 0 spiro atoms. The molecule has 0 radical (unpaired) electrons. The van der Waals surface area contributed by atoms with Gasteiger partial charge in [0.1, 0.15) is 11.1 Å². The van der Waals surface area contributed by atoms with E-state index in [1.165, 1.54) is 86.9 Å². The van der Waals surface area contributed by atoms with Gasteiger partial charge in [-0.05, 0) is 171 Å². The van der Waals surface area contributed by atoms with Gasteiger partial charge in [0.15, 0.2) is 5.58 Å². The van der Waals surface area contributed by atoms with E-state index in [4.69, 9.17) is 4.42 Å².